The Balaban J connectivity index is 2.21. The van der Waals surface area contributed by atoms with Gasteiger partial charge in [0, 0.05) is 6.04 Å². The largest absolute Gasteiger partial charge is 0.481 e. The predicted molar refractivity (Wildman–Crippen MR) is 73.7 cm³/mol. The Labute approximate surface area is 113 Å². The van der Waals surface area contributed by atoms with Crippen LogP contribution in [-0.4, -0.2) is 34.5 Å². The maximum Gasteiger partial charge on any atom is 0.308 e. The molecule has 0 spiro atoms. The fraction of sp³-hybridized carbons (Fsp3) is 0.846. The van der Waals surface area contributed by atoms with E-state index in [0.717, 1.165) is 25.0 Å². The highest BCUT2D eigenvalue weighted by molar-refractivity contribution is 7.99. The van der Waals surface area contributed by atoms with Crippen molar-refractivity contribution < 1.29 is 14.7 Å². The van der Waals surface area contributed by atoms with Crippen molar-refractivity contribution in [3.05, 3.63) is 0 Å². The second-order valence-corrected chi connectivity index (χ2v) is 6.39. The van der Waals surface area contributed by atoms with E-state index in [0.29, 0.717) is 18.1 Å². The van der Waals surface area contributed by atoms with Gasteiger partial charge in [0.15, 0.2) is 0 Å². The summed E-state index contributed by atoms with van der Waals surface area (Å²) < 4.78 is 0. The third-order valence-corrected chi connectivity index (χ3v) is 4.24. The van der Waals surface area contributed by atoms with Crippen molar-refractivity contribution in [1.82, 2.24) is 5.32 Å². The first-order chi connectivity index (χ1) is 8.50. The molecule has 0 unspecified atom stereocenters. The molecule has 2 atom stereocenters. The Kier molecular flexibility index (Phi) is 6.54. The minimum Gasteiger partial charge on any atom is -0.481 e. The molecule has 0 radical (unpaired) electrons. The van der Waals surface area contributed by atoms with E-state index in [1.54, 1.807) is 11.8 Å². The highest BCUT2D eigenvalue weighted by Gasteiger charge is 2.33. The summed E-state index contributed by atoms with van der Waals surface area (Å²) in [5, 5.41) is 11.9. The van der Waals surface area contributed by atoms with Crippen molar-refractivity contribution in [1.29, 1.82) is 0 Å². The summed E-state index contributed by atoms with van der Waals surface area (Å²) in [7, 11) is 0. The molecule has 0 aromatic heterocycles. The third kappa shape index (κ3) is 5.29. The minimum absolute atomic E-state index is 0.0260. The summed E-state index contributed by atoms with van der Waals surface area (Å²) in [6.45, 7) is 4.33. The first kappa shape index (κ1) is 15.3. The Bertz CT molecular complexity index is 294. The average Bonchev–Trinajstić information content (AvgIpc) is 2.72. The summed E-state index contributed by atoms with van der Waals surface area (Å²) in [4.78, 5) is 22.7. The van der Waals surface area contributed by atoms with Crippen LogP contribution in [0, 0.1) is 11.8 Å². The highest BCUT2D eigenvalue weighted by atomic mass is 32.2. The maximum absolute atomic E-state index is 11.7. The van der Waals surface area contributed by atoms with E-state index in [9.17, 15) is 9.59 Å². The van der Waals surface area contributed by atoms with Crippen molar-refractivity contribution in [2.45, 2.75) is 45.6 Å². The van der Waals surface area contributed by atoms with Gasteiger partial charge in [-0.1, -0.05) is 20.3 Å². The highest BCUT2D eigenvalue weighted by Crippen LogP contribution is 2.25. The van der Waals surface area contributed by atoms with Crippen molar-refractivity contribution in [2.75, 3.05) is 11.5 Å². The van der Waals surface area contributed by atoms with Gasteiger partial charge >= 0.3 is 5.97 Å². The lowest BCUT2D eigenvalue weighted by Gasteiger charge is -2.17. The van der Waals surface area contributed by atoms with E-state index in [2.05, 4.69) is 19.2 Å². The molecular formula is C13H23NO3S. The number of hydrogen-bond donors (Lipinski definition) is 2. The minimum atomic E-state index is -0.787. The van der Waals surface area contributed by atoms with Crippen LogP contribution in [0.2, 0.25) is 0 Å². The Morgan fingerprint density at radius 2 is 2.11 bits per heavy atom. The molecule has 0 aliphatic heterocycles. The summed E-state index contributed by atoms with van der Waals surface area (Å²) >= 11 is 1.62. The average molecular weight is 273 g/mol. The number of amides is 1. The van der Waals surface area contributed by atoms with Gasteiger partial charge in [-0.05, 0) is 30.9 Å². The molecule has 5 heteroatoms. The number of carboxylic acid groups (broad SMARTS) is 1. The summed E-state index contributed by atoms with van der Waals surface area (Å²) in [6.07, 6.45) is 3.47. The van der Waals surface area contributed by atoms with Crippen molar-refractivity contribution in [3.63, 3.8) is 0 Å². The molecule has 1 saturated carbocycles. The van der Waals surface area contributed by atoms with E-state index in [1.807, 2.05) is 0 Å². The van der Waals surface area contributed by atoms with Gasteiger partial charge in [0.1, 0.15) is 0 Å². The smallest absolute Gasteiger partial charge is 0.308 e. The van der Waals surface area contributed by atoms with E-state index in [4.69, 9.17) is 5.11 Å². The van der Waals surface area contributed by atoms with Gasteiger partial charge in [0.05, 0.1) is 11.7 Å². The molecule has 0 saturated heterocycles. The fourth-order valence-electron chi connectivity index (χ4n) is 2.16. The van der Waals surface area contributed by atoms with Gasteiger partial charge in [-0.2, -0.15) is 11.8 Å². The number of carbonyl (C=O) groups is 2. The fourth-order valence-corrected chi connectivity index (χ4v) is 3.21. The molecule has 0 bridgehead atoms. The van der Waals surface area contributed by atoms with Crippen LogP contribution >= 0.6 is 11.8 Å². The van der Waals surface area contributed by atoms with E-state index >= 15 is 0 Å². The van der Waals surface area contributed by atoms with Crippen LogP contribution in [0.25, 0.3) is 0 Å². The molecule has 0 aromatic rings. The number of thioether (sulfide) groups is 1. The number of carboxylic acids is 1. The summed E-state index contributed by atoms with van der Waals surface area (Å²) in [5.74, 6) is 0.877. The van der Waals surface area contributed by atoms with E-state index in [-0.39, 0.29) is 11.9 Å². The quantitative estimate of drug-likeness (QED) is 0.697. The van der Waals surface area contributed by atoms with E-state index < -0.39 is 11.9 Å². The number of nitrogens with one attached hydrogen (secondary N) is 1. The number of carbonyl (C=O) groups excluding carboxylic acids is 1. The zero-order chi connectivity index (χ0) is 13.5. The molecule has 1 aliphatic rings. The monoisotopic (exact) mass is 273 g/mol. The van der Waals surface area contributed by atoms with Crippen LogP contribution in [0.3, 0.4) is 0 Å². The maximum atomic E-state index is 11.7. The molecule has 18 heavy (non-hydrogen) atoms. The Morgan fingerprint density at radius 3 is 2.72 bits per heavy atom. The first-order valence-corrected chi connectivity index (χ1v) is 7.76. The molecule has 1 amide bonds. The van der Waals surface area contributed by atoms with Gasteiger partial charge in [-0.15, -0.1) is 0 Å². The molecule has 1 fully saturated rings. The SMILES string of the molecule is CC(C)CCSCC(=O)N[C@@H]1CCC[C@@H]1C(=O)O. The van der Waals surface area contributed by atoms with Gasteiger partial charge in [0.25, 0.3) is 0 Å². The molecule has 1 aliphatic carbocycles. The zero-order valence-electron chi connectivity index (χ0n) is 11.1. The summed E-state index contributed by atoms with van der Waals surface area (Å²) in [6, 6.07) is -0.166. The van der Waals surface area contributed by atoms with Gasteiger partial charge < -0.3 is 10.4 Å². The molecule has 4 nitrogen and oxygen atoms in total. The van der Waals surface area contributed by atoms with Crippen molar-refractivity contribution in [3.8, 4) is 0 Å². The number of hydrogen-bond acceptors (Lipinski definition) is 3. The lowest BCUT2D eigenvalue weighted by atomic mass is 10.0. The molecular weight excluding hydrogens is 250 g/mol. The van der Waals surface area contributed by atoms with Crippen molar-refractivity contribution in [2.24, 2.45) is 11.8 Å². The Hall–Kier alpha value is -0.710. The van der Waals surface area contributed by atoms with Crippen LogP contribution < -0.4 is 5.32 Å². The molecule has 0 heterocycles. The van der Waals surface area contributed by atoms with Gasteiger partial charge in [-0.3, -0.25) is 9.59 Å². The van der Waals surface area contributed by atoms with Crippen LogP contribution in [0.4, 0.5) is 0 Å². The number of rotatable bonds is 7. The summed E-state index contributed by atoms with van der Waals surface area (Å²) in [5.41, 5.74) is 0. The van der Waals surface area contributed by atoms with Crippen LogP contribution in [0.1, 0.15) is 39.5 Å². The Morgan fingerprint density at radius 1 is 1.39 bits per heavy atom. The lowest BCUT2D eigenvalue weighted by molar-refractivity contribution is -0.142. The normalized spacial score (nSPS) is 23.3. The van der Waals surface area contributed by atoms with Gasteiger partial charge in [0.2, 0.25) is 5.91 Å². The van der Waals surface area contributed by atoms with Crippen molar-refractivity contribution >= 4 is 23.6 Å². The predicted octanol–water partition coefficient (Wildman–Crippen LogP) is 2.14. The second kappa shape index (κ2) is 7.67. The topological polar surface area (TPSA) is 66.4 Å². The molecule has 2 N–H and O–H groups in total. The van der Waals surface area contributed by atoms with Crippen LogP contribution in [-0.2, 0) is 9.59 Å². The van der Waals surface area contributed by atoms with Crippen LogP contribution in [0.5, 0.6) is 0 Å². The van der Waals surface area contributed by atoms with Crippen LogP contribution in [0.15, 0.2) is 0 Å². The number of aliphatic carboxylic acids is 1. The molecule has 1 rings (SSSR count). The zero-order valence-corrected chi connectivity index (χ0v) is 12.0. The standard InChI is InChI=1S/C13H23NO3S/c1-9(2)6-7-18-8-12(15)14-11-5-3-4-10(11)13(16)17/h9-11H,3-8H2,1-2H3,(H,14,15)(H,16,17)/t10-,11+/m0/s1. The van der Waals surface area contributed by atoms with Gasteiger partial charge in [-0.25, -0.2) is 0 Å². The van der Waals surface area contributed by atoms with E-state index in [1.165, 1.54) is 0 Å². The first-order valence-electron chi connectivity index (χ1n) is 6.60. The molecule has 0 aromatic carbocycles. The lowest BCUT2D eigenvalue weighted by Crippen LogP contribution is -2.41. The molecule has 104 valence electrons. The second-order valence-electron chi connectivity index (χ2n) is 5.28. The third-order valence-electron chi connectivity index (χ3n) is 3.25.